The zero-order valence-electron chi connectivity index (χ0n) is 10.9. The lowest BCUT2D eigenvalue weighted by Gasteiger charge is -2.15. The predicted molar refractivity (Wildman–Crippen MR) is 73.1 cm³/mol. The maximum absolute atomic E-state index is 11.8. The number of rotatable bonds is 4. The summed E-state index contributed by atoms with van der Waals surface area (Å²) >= 11 is 1.36. The summed E-state index contributed by atoms with van der Waals surface area (Å²) in [4.78, 5) is 23.9. The summed E-state index contributed by atoms with van der Waals surface area (Å²) in [5.41, 5.74) is 0.883. The Hall–Kier alpha value is -1.40. The highest BCUT2D eigenvalue weighted by atomic mass is 32.1. The fourth-order valence-corrected chi connectivity index (χ4v) is 2.95. The van der Waals surface area contributed by atoms with Gasteiger partial charge in [-0.05, 0) is 36.3 Å². The summed E-state index contributed by atoms with van der Waals surface area (Å²) in [5.74, 6) is -0.274. The Balaban J connectivity index is 1.96. The van der Waals surface area contributed by atoms with Gasteiger partial charge in [0.2, 0.25) is 5.91 Å². The van der Waals surface area contributed by atoms with Gasteiger partial charge in [-0.2, -0.15) is 0 Å². The zero-order chi connectivity index (χ0) is 13.7. The van der Waals surface area contributed by atoms with Crippen LogP contribution in [-0.4, -0.2) is 31.6 Å². The second-order valence-corrected chi connectivity index (χ2v) is 5.40. The standard InChI is InChI=1S/C13H18N2O3S/c1-18-13(17)11-9(5-7-19-11)8-15-10-4-2-3-6-14-12(10)16/h5,7,10,15H,2-4,6,8H2,1H3,(H,14,16)/t10-/m0/s1. The van der Waals surface area contributed by atoms with Crippen LogP contribution in [0.2, 0.25) is 0 Å². The summed E-state index contributed by atoms with van der Waals surface area (Å²) in [5, 5.41) is 7.96. The highest BCUT2D eigenvalue weighted by molar-refractivity contribution is 7.12. The van der Waals surface area contributed by atoms with Crippen LogP contribution >= 0.6 is 11.3 Å². The Morgan fingerprint density at radius 3 is 3.21 bits per heavy atom. The third-order valence-corrected chi connectivity index (χ3v) is 4.13. The molecule has 1 aromatic heterocycles. The number of carbonyl (C=O) groups excluding carboxylic acids is 2. The average molecular weight is 282 g/mol. The Bertz CT molecular complexity index is 458. The van der Waals surface area contributed by atoms with Crippen LogP contribution < -0.4 is 10.6 Å². The summed E-state index contributed by atoms with van der Waals surface area (Å²) in [6.45, 7) is 1.26. The first-order valence-corrected chi connectivity index (χ1v) is 7.26. The first-order valence-electron chi connectivity index (χ1n) is 6.38. The molecule has 1 amide bonds. The third-order valence-electron chi connectivity index (χ3n) is 3.19. The van der Waals surface area contributed by atoms with Crippen LogP contribution in [-0.2, 0) is 16.1 Å². The van der Waals surface area contributed by atoms with E-state index in [2.05, 4.69) is 10.6 Å². The number of carbonyl (C=O) groups is 2. The second-order valence-electron chi connectivity index (χ2n) is 4.49. The Labute approximate surface area is 116 Å². The van der Waals surface area contributed by atoms with Gasteiger partial charge in [0, 0.05) is 13.1 Å². The molecule has 1 saturated heterocycles. The molecule has 2 rings (SSSR count). The van der Waals surface area contributed by atoms with Crippen molar-refractivity contribution in [3.05, 3.63) is 21.9 Å². The number of methoxy groups -OCH3 is 1. The largest absolute Gasteiger partial charge is 0.465 e. The molecule has 0 bridgehead atoms. The number of ether oxygens (including phenoxy) is 1. The van der Waals surface area contributed by atoms with Crippen molar-refractivity contribution in [3.8, 4) is 0 Å². The number of thiophene rings is 1. The van der Waals surface area contributed by atoms with Crippen molar-refractivity contribution in [2.45, 2.75) is 31.8 Å². The van der Waals surface area contributed by atoms with Crippen LogP contribution in [0.5, 0.6) is 0 Å². The van der Waals surface area contributed by atoms with Gasteiger partial charge in [-0.25, -0.2) is 4.79 Å². The Morgan fingerprint density at radius 1 is 1.58 bits per heavy atom. The summed E-state index contributed by atoms with van der Waals surface area (Å²) in [7, 11) is 1.37. The molecule has 1 aliphatic heterocycles. The molecular weight excluding hydrogens is 264 g/mol. The second kappa shape index (κ2) is 6.68. The zero-order valence-corrected chi connectivity index (χ0v) is 11.7. The van der Waals surface area contributed by atoms with E-state index in [0.717, 1.165) is 31.4 Å². The first kappa shape index (κ1) is 14.0. The van der Waals surface area contributed by atoms with Crippen molar-refractivity contribution >= 4 is 23.2 Å². The van der Waals surface area contributed by atoms with E-state index in [1.165, 1.54) is 18.4 Å². The molecule has 6 heteroatoms. The third kappa shape index (κ3) is 3.54. The molecule has 1 aromatic rings. The van der Waals surface area contributed by atoms with E-state index in [4.69, 9.17) is 4.74 Å². The number of nitrogens with one attached hydrogen (secondary N) is 2. The molecule has 0 aliphatic carbocycles. The lowest BCUT2D eigenvalue weighted by molar-refractivity contribution is -0.122. The van der Waals surface area contributed by atoms with Crippen molar-refractivity contribution in [2.75, 3.05) is 13.7 Å². The van der Waals surface area contributed by atoms with Crippen LogP contribution in [0.25, 0.3) is 0 Å². The molecule has 5 nitrogen and oxygen atoms in total. The molecule has 0 unspecified atom stereocenters. The van der Waals surface area contributed by atoms with Gasteiger partial charge in [0.05, 0.1) is 13.2 Å². The molecule has 19 heavy (non-hydrogen) atoms. The predicted octanol–water partition coefficient (Wildman–Crippen LogP) is 1.29. The van der Waals surface area contributed by atoms with Gasteiger partial charge < -0.3 is 15.4 Å². The van der Waals surface area contributed by atoms with E-state index in [-0.39, 0.29) is 17.9 Å². The van der Waals surface area contributed by atoms with E-state index in [1.54, 1.807) is 0 Å². The van der Waals surface area contributed by atoms with Gasteiger partial charge in [0.25, 0.3) is 0 Å². The molecule has 0 spiro atoms. The molecule has 1 aliphatic rings. The normalized spacial score (nSPS) is 19.6. The highest BCUT2D eigenvalue weighted by Crippen LogP contribution is 2.18. The summed E-state index contributed by atoms with van der Waals surface area (Å²) < 4.78 is 4.73. The van der Waals surface area contributed by atoms with Crippen LogP contribution in [0.1, 0.15) is 34.5 Å². The number of amides is 1. The molecule has 104 valence electrons. The maximum atomic E-state index is 11.8. The van der Waals surface area contributed by atoms with Crippen molar-refractivity contribution in [3.63, 3.8) is 0 Å². The van der Waals surface area contributed by atoms with Crippen LogP contribution in [0.3, 0.4) is 0 Å². The molecule has 0 saturated carbocycles. The Kier molecular flexibility index (Phi) is 4.93. The van der Waals surface area contributed by atoms with Crippen LogP contribution in [0.4, 0.5) is 0 Å². The lowest BCUT2D eigenvalue weighted by Crippen LogP contribution is -2.42. The van der Waals surface area contributed by atoms with E-state index in [9.17, 15) is 9.59 Å². The maximum Gasteiger partial charge on any atom is 0.348 e. The fourth-order valence-electron chi connectivity index (χ4n) is 2.11. The topological polar surface area (TPSA) is 67.4 Å². The van der Waals surface area contributed by atoms with Gasteiger partial charge in [-0.1, -0.05) is 0 Å². The van der Waals surface area contributed by atoms with E-state index < -0.39 is 0 Å². The SMILES string of the molecule is COC(=O)c1sccc1CN[C@H]1CCCCNC1=O. The van der Waals surface area contributed by atoms with Crippen LogP contribution in [0.15, 0.2) is 11.4 Å². The Morgan fingerprint density at radius 2 is 2.42 bits per heavy atom. The number of esters is 1. The van der Waals surface area contributed by atoms with Crippen molar-refractivity contribution < 1.29 is 14.3 Å². The van der Waals surface area contributed by atoms with E-state index in [1.807, 2.05) is 11.4 Å². The smallest absolute Gasteiger partial charge is 0.348 e. The fraction of sp³-hybridized carbons (Fsp3) is 0.538. The van der Waals surface area contributed by atoms with Gasteiger partial charge in [0.15, 0.2) is 0 Å². The molecule has 0 aromatic carbocycles. The van der Waals surface area contributed by atoms with Crippen molar-refractivity contribution in [2.24, 2.45) is 0 Å². The molecule has 1 fully saturated rings. The number of hydrogen-bond donors (Lipinski definition) is 2. The summed E-state index contributed by atoms with van der Waals surface area (Å²) in [6, 6.07) is 1.71. The van der Waals surface area contributed by atoms with Gasteiger partial charge in [0.1, 0.15) is 4.88 Å². The molecule has 0 radical (unpaired) electrons. The average Bonchev–Trinajstić information content (AvgIpc) is 2.79. The minimum absolute atomic E-state index is 0.0485. The monoisotopic (exact) mass is 282 g/mol. The highest BCUT2D eigenvalue weighted by Gasteiger charge is 2.21. The summed E-state index contributed by atoms with van der Waals surface area (Å²) in [6.07, 6.45) is 2.89. The number of hydrogen-bond acceptors (Lipinski definition) is 5. The first-order chi connectivity index (χ1) is 9.22. The van der Waals surface area contributed by atoms with Gasteiger partial charge in [-0.15, -0.1) is 11.3 Å². The van der Waals surface area contributed by atoms with Gasteiger partial charge in [-0.3, -0.25) is 4.79 Å². The molecular formula is C13H18N2O3S. The lowest BCUT2D eigenvalue weighted by atomic mass is 10.1. The van der Waals surface area contributed by atoms with Crippen LogP contribution in [0, 0.1) is 0 Å². The molecule has 1 atom stereocenters. The quantitative estimate of drug-likeness (QED) is 0.817. The van der Waals surface area contributed by atoms with Crippen molar-refractivity contribution in [1.82, 2.24) is 10.6 Å². The van der Waals surface area contributed by atoms with Crippen molar-refractivity contribution in [1.29, 1.82) is 0 Å². The molecule has 2 heterocycles. The minimum atomic E-state index is -0.322. The molecule has 2 N–H and O–H groups in total. The van der Waals surface area contributed by atoms with Gasteiger partial charge >= 0.3 is 5.97 Å². The minimum Gasteiger partial charge on any atom is -0.465 e. The van der Waals surface area contributed by atoms with E-state index >= 15 is 0 Å². The van der Waals surface area contributed by atoms with E-state index in [0.29, 0.717) is 11.4 Å².